The number of piperazine rings is 1. The summed E-state index contributed by atoms with van der Waals surface area (Å²) in [7, 11) is 0. The van der Waals surface area contributed by atoms with Crippen LogP contribution in [0, 0.1) is 0 Å². The maximum Gasteiger partial charge on any atom is 0.338 e. The van der Waals surface area contributed by atoms with E-state index in [4.69, 9.17) is 4.42 Å². The third kappa shape index (κ3) is 3.27. The van der Waals surface area contributed by atoms with Crippen molar-refractivity contribution in [2.75, 3.05) is 31.1 Å². The first-order chi connectivity index (χ1) is 13.5. The summed E-state index contributed by atoms with van der Waals surface area (Å²) in [6, 6.07) is 5.46. The Balaban J connectivity index is 1.55. The van der Waals surface area contributed by atoms with Gasteiger partial charge in [-0.25, -0.2) is 9.59 Å². The standard InChI is InChI=1S/C20H26N4O4/c1-13-11-23(20(27)22-9-4-3-5-10-22)12-14(2)24(13)19-21-17-15(18(25)26)7-6-8-16(17)28-19/h6-8,13-14H,3-5,9-12H2,1-2H3,(H,25,26)/t13-,14-/m0/s1. The highest BCUT2D eigenvalue weighted by Crippen LogP contribution is 2.30. The van der Waals surface area contributed by atoms with Crippen LogP contribution in [0.4, 0.5) is 10.8 Å². The summed E-state index contributed by atoms with van der Waals surface area (Å²) in [4.78, 5) is 34.7. The second kappa shape index (κ2) is 7.33. The average molecular weight is 386 g/mol. The predicted molar refractivity (Wildman–Crippen MR) is 105 cm³/mol. The first kappa shape index (κ1) is 18.6. The minimum absolute atomic E-state index is 0.0128. The molecule has 2 fully saturated rings. The van der Waals surface area contributed by atoms with Crippen LogP contribution in [0.2, 0.25) is 0 Å². The summed E-state index contributed by atoms with van der Waals surface area (Å²) in [6.45, 7) is 6.93. The van der Waals surface area contributed by atoms with Gasteiger partial charge in [-0.3, -0.25) is 0 Å². The van der Waals surface area contributed by atoms with E-state index in [9.17, 15) is 14.7 Å². The number of likely N-dealkylation sites (tertiary alicyclic amines) is 1. The SMILES string of the molecule is C[C@H]1CN(C(=O)N2CCCCC2)C[C@H](C)N1c1nc2c(C(=O)O)cccc2o1. The molecule has 0 unspecified atom stereocenters. The number of oxazole rings is 1. The van der Waals surface area contributed by atoms with Crippen molar-refractivity contribution < 1.29 is 19.1 Å². The number of hydrogen-bond donors (Lipinski definition) is 1. The van der Waals surface area contributed by atoms with Crippen molar-refractivity contribution in [2.24, 2.45) is 0 Å². The Morgan fingerprint density at radius 3 is 2.39 bits per heavy atom. The van der Waals surface area contributed by atoms with Gasteiger partial charge in [0.15, 0.2) is 5.58 Å². The second-order valence-electron chi connectivity index (χ2n) is 7.79. The molecular formula is C20H26N4O4. The Kier molecular flexibility index (Phi) is 4.87. The second-order valence-corrected chi connectivity index (χ2v) is 7.79. The van der Waals surface area contributed by atoms with Crippen LogP contribution >= 0.6 is 0 Å². The number of para-hydroxylation sites is 1. The van der Waals surface area contributed by atoms with Gasteiger partial charge in [0.25, 0.3) is 6.01 Å². The van der Waals surface area contributed by atoms with Crippen molar-refractivity contribution in [1.82, 2.24) is 14.8 Å². The molecule has 3 heterocycles. The van der Waals surface area contributed by atoms with E-state index in [0.717, 1.165) is 25.9 Å². The van der Waals surface area contributed by atoms with Crippen LogP contribution in [0.5, 0.6) is 0 Å². The first-order valence-corrected chi connectivity index (χ1v) is 9.90. The number of rotatable bonds is 2. The van der Waals surface area contributed by atoms with Crippen LogP contribution in [0.25, 0.3) is 11.1 Å². The highest BCUT2D eigenvalue weighted by molar-refractivity contribution is 6.00. The third-order valence-electron chi connectivity index (χ3n) is 5.68. The number of aromatic nitrogens is 1. The smallest absolute Gasteiger partial charge is 0.338 e. The number of carboxylic acids is 1. The van der Waals surface area contributed by atoms with Crippen LogP contribution in [-0.4, -0.2) is 70.2 Å². The van der Waals surface area contributed by atoms with Gasteiger partial charge in [0.2, 0.25) is 0 Å². The predicted octanol–water partition coefficient (Wildman–Crippen LogP) is 3.03. The summed E-state index contributed by atoms with van der Waals surface area (Å²) in [5.41, 5.74) is 0.948. The fourth-order valence-corrected chi connectivity index (χ4v) is 4.36. The molecule has 2 amide bonds. The van der Waals surface area contributed by atoms with E-state index < -0.39 is 5.97 Å². The number of carbonyl (C=O) groups excluding carboxylic acids is 1. The molecule has 2 aliphatic rings. The van der Waals surface area contributed by atoms with Gasteiger partial charge in [-0.1, -0.05) is 6.07 Å². The molecule has 2 aromatic rings. The molecule has 0 spiro atoms. The number of urea groups is 1. The van der Waals surface area contributed by atoms with Crippen LogP contribution in [0.1, 0.15) is 43.5 Å². The maximum absolute atomic E-state index is 12.9. The first-order valence-electron chi connectivity index (χ1n) is 9.90. The summed E-state index contributed by atoms with van der Waals surface area (Å²) in [5.74, 6) is -1.02. The summed E-state index contributed by atoms with van der Waals surface area (Å²) < 4.78 is 5.89. The van der Waals surface area contributed by atoms with Gasteiger partial charge < -0.3 is 24.2 Å². The van der Waals surface area contributed by atoms with E-state index in [1.165, 1.54) is 12.5 Å². The molecule has 0 saturated carbocycles. The molecule has 4 rings (SSSR count). The van der Waals surface area contributed by atoms with Crippen molar-refractivity contribution in [3.05, 3.63) is 23.8 Å². The topological polar surface area (TPSA) is 90.1 Å². The van der Waals surface area contributed by atoms with E-state index in [1.807, 2.05) is 28.5 Å². The van der Waals surface area contributed by atoms with Crippen molar-refractivity contribution in [2.45, 2.75) is 45.2 Å². The molecule has 150 valence electrons. The van der Waals surface area contributed by atoms with Crippen molar-refractivity contribution in [3.8, 4) is 0 Å². The molecule has 1 aromatic heterocycles. The molecule has 1 aromatic carbocycles. The third-order valence-corrected chi connectivity index (χ3v) is 5.68. The molecule has 2 saturated heterocycles. The minimum Gasteiger partial charge on any atom is -0.478 e. The average Bonchev–Trinajstić information content (AvgIpc) is 3.10. The molecular weight excluding hydrogens is 360 g/mol. The highest BCUT2D eigenvalue weighted by Gasteiger charge is 2.36. The number of carbonyl (C=O) groups is 2. The summed E-state index contributed by atoms with van der Waals surface area (Å²) in [5, 5.41) is 9.38. The number of piperidine rings is 1. The van der Waals surface area contributed by atoms with E-state index in [1.54, 1.807) is 12.1 Å². The van der Waals surface area contributed by atoms with Crippen molar-refractivity contribution >= 4 is 29.1 Å². The lowest BCUT2D eigenvalue weighted by atomic mass is 10.1. The number of amides is 2. The molecule has 1 N–H and O–H groups in total. The number of benzene rings is 1. The van der Waals surface area contributed by atoms with Crippen LogP contribution in [0.3, 0.4) is 0 Å². The van der Waals surface area contributed by atoms with Gasteiger partial charge in [-0.05, 0) is 45.2 Å². The van der Waals surface area contributed by atoms with E-state index >= 15 is 0 Å². The normalized spacial score (nSPS) is 23.3. The van der Waals surface area contributed by atoms with E-state index in [0.29, 0.717) is 30.2 Å². The van der Waals surface area contributed by atoms with E-state index in [-0.39, 0.29) is 23.7 Å². The van der Waals surface area contributed by atoms with Gasteiger partial charge >= 0.3 is 12.0 Å². The number of nitrogens with zero attached hydrogens (tertiary/aromatic N) is 4. The van der Waals surface area contributed by atoms with Gasteiger partial charge in [0, 0.05) is 38.3 Å². The minimum atomic E-state index is -1.02. The van der Waals surface area contributed by atoms with Gasteiger partial charge in [0.1, 0.15) is 5.52 Å². The number of anilines is 1. The summed E-state index contributed by atoms with van der Waals surface area (Å²) >= 11 is 0. The fraction of sp³-hybridized carbons (Fsp3) is 0.550. The molecule has 8 nitrogen and oxygen atoms in total. The number of fused-ring (bicyclic) bond motifs is 1. The van der Waals surface area contributed by atoms with Gasteiger partial charge in [-0.15, -0.1) is 0 Å². The highest BCUT2D eigenvalue weighted by atomic mass is 16.4. The quantitative estimate of drug-likeness (QED) is 0.853. The lowest BCUT2D eigenvalue weighted by Gasteiger charge is -2.45. The zero-order valence-corrected chi connectivity index (χ0v) is 16.3. The Labute approximate surface area is 163 Å². The molecule has 0 aliphatic carbocycles. The molecule has 2 atom stereocenters. The van der Waals surface area contributed by atoms with Crippen molar-refractivity contribution in [1.29, 1.82) is 0 Å². The molecule has 8 heteroatoms. The van der Waals surface area contributed by atoms with Crippen LogP contribution in [-0.2, 0) is 0 Å². The lowest BCUT2D eigenvalue weighted by molar-refractivity contribution is 0.0698. The van der Waals surface area contributed by atoms with Crippen LogP contribution in [0.15, 0.2) is 22.6 Å². The monoisotopic (exact) mass is 386 g/mol. The molecule has 28 heavy (non-hydrogen) atoms. The van der Waals surface area contributed by atoms with Crippen LogP contribution < -0.4 is 4.90 Å². The molecule has 0 radical (unpaired) electrons. The van der Waals surface area contributed by atoms with E-state index in [2.05, 4.69) is 4.98 Å². The van der Waals surface area contributed by atoms with Gasteiger partial charge in [0.05, 0.1) is 5.56 Å². The maximum atomic E-state index is 12.9. The zero-order chi connectivity index (χ0) is 19.8. The lowest BCUT2D eigenvalue weighted by Crippen LogP contribution is -2.60. The number of carboxylic acid groups (broad SMARTS) is 1. The molecule has 0 bridgehead atoms. The number of aromatic carboxylic acids is 1. The fourth-order valence-electron chi connectivity index (χ4n) is 4.36. The Bertz CT molecular complexity index is 877. The Morgan fingerprint density at radius 1 is 1.07 bits per heavy atom. The number of hydrogen-bond acceptors (Lipinski definition) is 5. The summed E-state index contributed by atoms with van der Waals surface area (Å²) in [6.07, 6.45) is 3.34. The van der Waals surface area contributed by atoms with Crippen molar-refractivity contribution in [3.63, 3.8) is 0 Å². The zero-order valence-electron chi connectivity index (χ0n) is 16.3. The Hall–Kier alpha value is -2.77. The van der Waals surface area contributed by atoms with Gasteiger partial charge in [-0.2, -0.15) is 4.98 Å². The molecule has 2 aliphatic heterocycles. The Morgan fingerprint density at radius 2 is 1.75 bits per heavy atom. The largest absolute Gasteiger partial charge is 0.478 e.